The Morgan fingerprint density at radius 3 is 0.600 bits per heavy atom. The molecule has 0 aliphatic carbocycles. The van der Waals surface area contributed by atoms with Gasteiger partial charge in [0.05, 0.1) is 0 Å². The minimum absolute atomic E-state index is 0. The zero-order chi connectivity index (χ0) is 0. The van der Waals surface area contributed by atoms with Crippen molar-refractivity contribution in [3.8, 4) is 0 Å². The zero-order valence-electron chi connectivity index (χ0n) is 2.13. The maximum absolute atomic E-state index is 0. The maximum Gasteiger partial charge on any atom is 2.00 e. The molecule has 0 spiro atoms. The Hall–Kier alpha value is 2.17. The van der Waals surface area contributed by atoms with E-state index in [1.54, 1.807) is 0 Å². The van der Waals surface area contributed by atoms with Gasteiger partial charge in [0.2, 0.25) is 0 Å². The van der Waals surface area contributed by atoms with Gasteiger partial charge in [-0.15, -0.1) is 0 Å². The molecule has 0 bridgehead atoms. The van der Waals surface area contributed by atoms with E-state index in [0.29, 0.717) is 0 Å². The van der Waals surface area contributed by atoms with Gasteiger partial charge in [-0.1, -0.05) is 0 Å². The monoisotopic (exact) mass is 270 g/mol. The summed E-state index contributed by atoms with van der Waals surface area (Å²) < 4.78 is 0. The molecule has 0 saturated heterocycles. The Kier molecular flexibility index (Phi) is 407. The van der Waals surface area contributed by atoms with E-state index in [1.165, 1.54) is 0 Å². The van der Waals surface area contributed by atoms with Crippen LogP contribution in [0.5, 0.6) is 0 Å². The predicted octanol–water partition coefficient (Wildman–Crippen LogP) is -0.623. The Morgan fingerprint density at radius 2 is 0.600 bits per heavy atom. The Morgan fingerprint density at radius 1 is 0.600 bits per heavy atom. The van der Waals surface area contributed by atoms with E-state index in [0.717, 1.165) is 0 Å². The Bertz CT molecular complexity index is 7.61. The van der Waals surface area contributed by atoms with E-state index < -0.39 is 0 Å². The van der Waals surface area contributed by atoms with E-state index in [9.17, 15) is 0 Å². The summed E-state index contributed by atoms with van der Waals surface area (Å²) >= 11 is 0. The van der Waals surface area contributed by atoms with Crippen LogP contribution in [0.15, 0.2) is 0 Å². The summed E-state index contributed by atoms with van der Waals surface area (Å²) in [5.74, 6) is 0. The largest absolute Gasteiger partial charge is 2.00 e. The van der Waals surface area contributed by atoms with Crippen LogP contribution in [0.3, 0.4) is 0 Å². The SMILES string of the molecule is [Ag+].[Ag+].[Mg+2].[O-2].[O-2]. The van der Waals surface area contributed by atoms with Crippen molar-refractivity contribution in [2.24, 2.45) is 0 Å². The molecule has 0 aromatic carbocycles. The van der Waals surface area contributed by atoms with E-state index in [1.807, 2.05) is 0 Å². The van der Waals surface area contributed by atoms with Crippen molar-refractivity contribution >= 4 is 23.1 Å². The number of hydrogen-bond acceptors (Lipinski definition) is 0. The second-order valence-electron chi connectivity index (χ2n) is 0. The van der Waals surface area contributed by atoms with Crippen LogP contribution in [0.1, 0.15) is 0 Å². The molecule has 0 rings (SSSR count). The van der Waals surface area contributed by atoms with Crippen LogP contribution in [-0.4, -0.2) is 23.1 Å². The summed E-state index contributed by atoms with van der Waals surface area (Å²) in [6.45, 7) is 0. The van der Waals surface area contributed by atoms with Gasteiger partial charge in [0.25, 0.3) is 0 Å². The third kappa shape index (κ3) is 22.8. The van der Waals surface area contributed by atoms with Crippen LogP contribution in [0.4, 0.5) is 0 Å². The topological polar surface area (TPSA) is 57.0 Å². The summed E-state index contributed by atoms with van der Waals surface area (Å²) in [6.07, 6.45) is 0. The summed E-state index contributed by atoms with van der Waals surface area (Å²) in [5, 5.41) is 0. The third-order valence-corrected chi connectivity index (χ3v) is 0. The minimum Gasteiger partial charge on any atom is -2.00 e. The fourth-order valence-electron chi connectivity index (χ4n) is 0. The molecule has 0 aliphatic rings. The smallest absolute Gasteiger partial charge is 2.00 e. The molecule has 0 N–H and O–H groups in total. The third-order valence-electron chi connectivity index (χ3n) is 0. The molecule has 0 unspecified atom stereocenters. The van der Waals surface area contributed by atoms with Crippen molar-refractivity contribution in [2.45, 2.75) is 0 Å². The van der Waals surface area contributed by atoms with Crippen molar-refractivity contribution in [1.82, 2.24) is 0 Å². The molecular formula is Ag2MgO2. The summed E-state index contributed by atoms with van der Waals surface area (Å²) in [6, 6.07) is 0. The van der Waals surface area contributed by atoms with Gasteiger partial charge in [0, 0.05) is 0 Å². The van der Waals surface area contributed by atoms with Gasteiger partial charge >= 0.3 is 67.8 Å². The molecule has 0 radical (unpaired) electrons. The maximum atomic E-state index is 0. The predicted molar refractivity (Wildman–Crippen MR) is 7.13 cm³/mol. The van der Waals surface area contributed by atoms with Crippen LogP contribution in [0.2, 0.25) is 0 Å². The second kappa shape index (κ2) is 35.1. The fourth-order valence-corrected chi connectivity index (χ4v) is 0. The molecule has 36 valence electrons. The van der Waals surface area contributed by atoms with Crippen molar-refractivity contribution in [1.29, 1.82) is 0 Å². The first kappa shape index (κ1) is 58.1. The average molecular weight is 272 g/mol. The normalized spacial score (nSPS) is 0. The van der Waals surface area contributed by atoms with E-state index in [4.69, 9.17) is 0 Å². The van der Waals surface area contributed by atoms with Crippen LogP contribution >= 0.6 is 0 Å². The van der Waals surface area contributed by atoms with Crippen molar-refractivity contribution in [3.63, 3.8) is 0 Å². The Balaban J connectivity index is 0. The zero-order valence-corrected chi connectivity index (χ0v) is 6.51. The number of hydrogen-bond donors (Lipinski definition) is 0. The van der Waals surface area contributed by atoms with E-state index >= 15 is 0 Å². The van der Waals surface area contributed by atoms with Gasteiger partial charge in [-0.25, -0.2) is 0 Å². The van der Waals surface area contributed by atoms with Gasteiger partial charge in [-0.3, -0.25) is 0 Å². The molecule has 0 atom stereocenters. The quantitative estimate of drug-likeness (QED) is 0.528. The van der Waals surface area contributed by atoms with Crippen LogP contribution in [0, 0.1) is 0 Å². The van der Waals surface area contributed by atoms with Gasteiger partial charge < -0.3 is 11.0 Å². The van der Waals surface area contributed by atoms with E-state index in [2.05, 4.69) is 0 Å². The van der Waals surface area contributed by atoms with E-state index in [-0.39, 0.29) is 78.8 Å². The fraction of sp³-hybridized carbons (Fsp3) is 0. The second-order valence-corrected chi connectivity index (χ2v) is 0. The molecule has 0 fully saturated rings. The first-order valence-electron chi connectivity index (χ1n) is 0. The van der Waals surface area contributed by atoms with Crippen molar-refractivity contribution in [3.05, 3.63) is 0 Å². The minimum atomic E-state index is 0. The van der Waals surface area contributed by atoms with Crippen LogP contribution < -0.4 is 0 Å². The molecule has 0 aliphatic heterocycles. The molecule has 0 heterocycles. The van der Waals surface area contributed by atoms with Crippen LogP contribution in [0.25, 0.3) is 0 Å². The molecule has 5 heteroatoms. The van der Waals surface area contributed by atoms with Gasteiger partial charge in [-0.05, 0) is 0 Å². The molecule has 0 amide bonds. The standard InChI is InChI=1S/2Ag.Mg.2O/q2*+1;+2;2*-2. The van der Waals surface area contributed by atoms with Gasteiger partial charge in [-0.2, -0.15) is 0 Å². The van der Waals surface area contributed by atoms with Crippen molar-refractivity contribution in [2.75, 3.05) is 0 Å². The van der Waals surface area contributed by atoms with Crippen molar-refractivity contribution < 1.29 is 55.7 Å². The molecule has 2 nitrogen and oxygen atoms in total. The Labute approximate surface area is 77.9 Å². The molecule has 0 saturated carbocycles. The molecule has 0 aromatic heterocycles. The first-order chi connectivity index (χ1) is 0. The molecule has 5 heavy (non-hydrogen) atoms. The first-order valence-corrected chi connectivity index (χ1v) is 0. The average Bonchev–Trinajstić information content (AvgIpc) is 0. The van der Waals surface area contributed by atoms with Gasteiger partial charge in [0.15, 0.2) is 0 Å². The summed E-state index contributed by atoms with van der Waals surface area (Å²) in [5.41, 5.74) is 0. The number of rotatable bonds is 0. The van der Waals surface area contributed by atoms with Gasteiger partial charge in [0.1, 0.15) is 0 Å². The summed E-state index contributed by atoms with van der Waals surface area (Å²) in [4.78, 5) is 0. The molecule has 0 aromatic rings. The molecular weight excluding hydrogens is 272 g/mol. The van der Waals surface area contributed by atoms with Crippen LogP contribution in [-0.2, 0) is 55.7 Å². The summed E-state index contributed by atoms with van der Waals surface area (Å²) in [7, 11) is 0.